The van der Waals surface area contributed by atoms with Crippen molar-refractivity contribution < 1.29 is 28.3 Å². The van der Waals surface area contributed by atoms with Crippen LogP contribution in [0, 0.1) is 12.7 Å². The van der Waals surface area contributed by atoms with Crippen LogP contribution in [0.25, 0.3) is 0 Å². The van der Waals surface area contributed by atoms with E-state index in [-0.39, 0.29) is 23.8 Å². The Balaban J connectivity index is 1.19. The number of anilines is 3. The van der Waals surface area contributed by atoms with Gasteiger partial charge in [-0.05, 0) is 66.1 Å². The topological polar surface area (TPSA) is 104 Å². The number of aryl methyl sites for hydroxylation is 1. The maximum atomic E-state index is 15.0. The second-order valence-corrected chi connectivity index (χ2v) is 10.7. The third-order valence-electron chi connectivity index (χ3n) is 8.01. The van der Waals surface area contributed by atoms with Crippen LogP contribution in [0.15, 0.2) is 79.0 Å². The van der Waals surface area contributed by atoms with Gasteiger partial charge in [0, 0.05) is 36.2 Å². The van der Waals surface area contributed by atoms with Gasteiger partial charge in [0.1, 0.15) is 24.6 Å². The second kappa shape index (κ2) is 11.7. The van der Waals surface area contributed by atoms with Crippen LogP contribution in [0.2, 0.25) is 0 Å². The maximum absolute atomic E-state index is 15.0. The van der Waals surface area contributed by atoms with Crippen molar-refractivity contribution in [1.29, 1.82) is 0 Å². The van der Waals surface area contributed by atoms with Crippen LogP contribution < -0.4 is 20.0 Å². The first-order chi connectivity index (χ1) is 21.2. The highest BCUT2D eigenvalue weighted by Crippen LogP contribution is 2.36. The molecule has 3 heterocycles. The lowest BCUT2D eigenvalue weighted by molar-refractivity contribution is -0.140. The molecule has 6 rings (SSSR count). The predicted molar refractivity (Wildman–Crippen MR) is 162 cm³/mol. The van der Waals surface area contributed by atoms with Crippen molar-refractivity contribution in [3.05, 3.63) is 113 Å². The molecule has 0 atom stereocenters. The number of para-hydroxylation sites is 2. The molecule has 44 heavy (non-hydrogen) atoms. The Bertz CT molecular complexity index is 1800. The number of rotatable bonds is 5. The molecular formula is C33H30FN5O5. The Morgan fingerprint density at radius 3 is 2.50 bits per heavy atom. The lowest BCUT2D eigenvalue weighted by atomic mass is 10.0. The molecule has 10 nitrogen and oxygen atoms in total. The SMILES string of the molecule is COC(=O)CN1C(=O)CN(C(=O)NCc2ccc(C(=O)N3Cc4cccn4Cc4ccccc43)cc2C)c2c(F)cccc21. The van der Waals surface area contributed by atoms with Gasteiger partial charge in [-0.15, -0.1) is 0 Å². The van der Waals surface area contributed by atoms with Gasteiger partial charge in [0.05, 0.1) is 19.3 Å². The molecule has 224 valence electrons. The number of aromatic nitrogens is 1. The number of hydrogen-bond donors (Lipinski definition) is 1. The summed E-state index contributed by atoms with van der Waals surface area (Å²) < 4.78 is 21.8. The Hall–Kier alpha value is -5.45. The van der Waals surface area contributed by atoms with Crippen molar-refractivity contribution in [3.63, 3.8) is 0 Å². The van der Waals surface area contributed by atoms with Crippen molar-refractivity contribution in [2.45, 2.75) is 26.6 Å². The number of halogens is 1. The second-order valence-electron chi connectivity index (χ2n) is 10.7. The van der Waals surface area contributed by atoms with E-state index >= 15 is 0 Å². The number of amides is 4. The summed E-state index contributed by atoms with van der Waals surface area (Å²) in [5.41, 5.74) is 5.00. The Morgan fingerprint density at radius 1 is 0.909 bits per heavy atom. The number of carbonyl (C=O) groups is 4. The molecule has 0 unspecified atom stereocenters. The van der Waals surface area contributed by atoms with Crippen molar-refractivity contribution >= 4 is 40.9 Å². The number of ether oxygens (including phenoxy) is 1. The zero-order chi connectivity index (χ0) is 31.0. The summed E-state index contributed by atoms with van der Waals surface area (Å²) in [6.45, 7) is 2.19. The number of nitrogens with zero attached hydrogens (tertiary/aromatic N) is 4. The van der Waals surface area contributed by atoms with Crippen LogP contribution in [0.5, 0.6) is 0 Å². The van der Waals surface area contributed by atoms with Crippen LogP contribution in [0.1, 0.15) is 32.7 Å². The third kappa shape index (κ3) is 5.28. The molecule has 4 amide bonds. The minimum Gasteiger partial charge on any atom is -0.468 e. The van der Waals surface area contributed by atoms with Gasteiger partial charge in [0.2, 0.25) is 5.91 Å². The molecule has 1 aromatic heterocycles. The van der Waals surface area contributed by atoms with E-state index in [0.717, 1.165) is 37.9 Å². The summed E-state index contributed by atoms with van der Waals surface area (Å²) in [4.78, 5) is 55.7. The highest BCUT2D eigenvalue weighted by Gasteiger charge is 2.36. The van der Waals surface area contributed by atoms with E-state index in [0.29, 0.717) is 18.7 Å². The van der Waals surface area contributed by atoms with Gasteiger partial charge in [0.15, 0.2) is 0 Å². The lowest BCUT2D eigenvalue weighted by Gasteiger charge is -2.35. The predicted octanol–water partition coefficient (Wildman–Crippen LogP) is 4.38. The van der Waals surface area contributed by atoms with Gasteiger partial charge in [-0.3, -0.25) is 24.2 Å². The van der Waals surface area contributed by atoms with Gasteiger partial charge in [-0.1, -0.05) is 30.3 Å². The molecule has 1 N–H and O–H groups in total. The molecule has 2 aliphatic rings. The van der Waals surface area contributed by atoms with Crippen LogP contribution in [0.4, 0.5) is 26.2 Å². The van der Waals surface area contributed by atoms with Crippen LogP contribution >= 0.6 is 0 Å². The fourth-order valence-electron chi connectivity index (χ4n) is 5.68. The van der Waals surface area contributed by atoms with E-state index in [1.165, 1.54) is 25.3 Å². The molecule has 3 aromatic carbocycles. The van der Waals surface area contributed by atoms with Crippen molar-refractivity contribution in [2.75, 3.05) is 34.9 Å². The van der Waals surface area contributed by atoms with E-state index in [9.17, 15) is 23.6 Å². The number of nitrogens with one attached hydrogen (secondary N) is 1. The Morgan fingerprint density at radius 2 is 1.70 bits per heavy atom. The molecule has 2 aliphatic heterocycles. The Labute approximate surface area is 253 Å². The molecule has 0 fully saturated rings. The normalized spacial score (nSPS) is 13.9. The number of hydrogen-bond acceptors (Lipinski definition) is 5. The van der Waals surface area contributed by atoms with Crippen LogP contribution in [0.3, 0.4) is 0 Å². The van der Waals surface area contributed by atoms with E-state index in [2.05, 4.69) is 14.6 Å². The largest absolute Gasteiger partial charge is 0.468 e. The fourth-order valence-corrected chi connectivity index (χ4v) is 5.68. The number of urea groups is 1. The highest BCUT2D eigenvalue weighted by molar-refractivity contribution is 6.12. The average Bonchev–Trinajstić information content (AvgIpc) is 3.39. The van der Waals surface area contributed by atoms with Crippen molar-refractivity contribution in [1.82, 2.24) is 9.88 Å². The number of methoxy groups -OCH3 is 1. The van der Waals surface area contributed by atoms with E-state index < -0.39 is 36.8 Å². The quantitative estimate of drug-likeness (QED) is 0.345. The van der Waals surface area contributed by atoms with Gasteiger partial charge < -0.3 is 19.5 Å². The van der Waals surface area contributed by atoms with Gasteiger partial charge >= 0.3 is 12.0 Å². The maximum Gasteiger partial charge on any atom is 0.325 e. The first kappa shape index (κ1) is 28.7. The first-order valence-corrected chi connectivity index (χ1v) is 14.1. The third-order valence-corrected chi connectivity index (χ3v) is 8.01. The molecule has 11 heteroatoms. The first-order valence-electron chi connectivity index (χ1n) is 14.1. The molecule has 0 saturated carbocycles. The summed E-state index contributed by atoms with van der Waals surface area (Å²) in [6.07, 6.45) is 2.01. The van der Waals surface area contributed by atoms with Gasteiger partial charge in [-0.2, -0.15) is 0 Å². The summed E-state index contributed by atoms with van der Waals surface area (Å²) in [7, 11) is 1.19. The minimum absolute atomic E-state index is 0.0829. The lowest BCUT2D eigenvalue weighted by Crippen LogP contribution is -2.52. The van der Waals surface area contributed by atoms with E-state index in [4.69, 9.17) is 0 Å². The molecule has 0 saturated heterocycles. The monoisotopic (exact) mass is 595 g/mol. The number of esters is 1. The molecule has 0 aliphatic carbocycles. The number of benzene rings is 3. The molecular weight excluding hydrogens is 565 g/mol. The number of fused-ring (bicyclic) bond motifs is 3. The van der Waals surface area contributed by atoms with E-state index in [1.54, 1.807) is 23.1 Å². The Kier molecular flexibility index (Phi) is 7.60. The van der Waals surface area contributed by atoms with Crippen molar-refractivity contribution in [3.8, 4) is 0 Å². The zero-order valence-electron chi connectivity index (χ0n) is 24.2. The van der Waals surface area contributed by atoms with Gasteiger partial charge in [-0.25, -0.2) is 9.18 Å². The fraction of sp³-hybridized carbons (Fsp3) is 0.212. The van der Waals surface area contributed by atoms with E-state index in [1.807, 2.05) is 49.5 Å². The van der Waals surface area contributed by atoms with Crippen LogP contribution in [-0.2, 0) is 34.0 Å². The summed E-state index contributed by atoms with van der Waals surface area (Å²) in [6, 6.07) is 20.6. The standard InChI is InChI=1S/C33H30FN5O5/c1-21-15-22(32(42)38-18-25-8-6-14-36(25)17-24-7-3-4-10-27(24)38)12-13-23(21)16-35-33(43)39-19-29(40)37(20-30(41)44-2)28-11-5-9-26(34)31(28)39/h3-15H,16-20H2,1-2H3,(H,35,43). The highest BCUT2D eigenvalue weighted by atomic mass is 19.1. The molecule has 0 spiro atoms. The zero-order valence-corrected chi connectivity index (χ0v) is 24.2. The van der Waals surface area contributed by atoms with Crippen molar-refractivity contribution in [2.24, 2.45) is 0 Å². The molecule has 0 radical (unpaired) electrons. The summed E-state index contributed by atoms with van der Waals surface area (Å²) in [5.74, 6) is -2.06. The minimum atomic E-state index is -0.707. The average molecular weight is 596 g/mol. The van der Waals surface area contributed by atoms with Crippen LogP contribution in [-0.4, -0.2) is 48.6 Å². The summed E-state index contributed by atoms with van der Waals surface area (Å²) in [5, 5.41) is 2.77. The summed E-state index contributed by atoms with van der Waals surface area (Å²) >= 11 is 0. The number of carbonyl (C=O) groups excluding carboxylic acids is 4. The molecule has 0 bridgehead atoms. The molecule has 4 aromatic rings. The smallest absolute Gasteiger partial charge is 0.325 e. The van der Waals surface area contributed by atoms with Gasteiger partial charge in [0.25, 0.3) is 5.91 Å².